The Hall–Kier alpha value is -1.55. The van der Waals surface area contributed by atoms with Crippen molar-refractivity contribution in [3.63, 3.8) is 0 Å². The summed E-state index contributed by atoms with van der Waals surface area (Å²) in [6.45, 7) is 9.47. The highest BCUT2D eigenvalue weighted by Gasteiger charge is 2.08. The van der Waals surface area contributed by atoms with E-state index in [2.05, 4.69) is 18.5 Å². The molecule has 3 nitrogen and oxygen atoms in total. The molecular formula is C14H18N2OS. The van der Waals surface area contributed by atoms with Gasteiger partial charge in [0.2, 0.25) is 0 Å². The average molecular weight is 262 g/mol. The van der Waals surface area contributed by atoms with Gasteiger partial charge in [0.25, 0.3) is 0 Å². The van der Waals surface area contributed by atoms with E-state index in [0.29, 0.717) is 11.4 Å². The van der Waals surface area contributed by atoms with Gasteiger partial charge in [0.1, 0.15) is 11.3 Å². The third-order valence-electron chi connectivity index (χ3n) is 2.66. The van der Waals surface area contributed by atoms with Gasteiger partial charge in [-0.05, 0) is 37.7 Å². The van der Waals surface area contributed by atoms with Crippen molar-refractivity contribution < 1.29 is 4.74 Å². The van der Waals surface area contributed by atoms with Crippen molar-refractivity contribution in [2.75, 3.05) is 6.61 Å². The Bertz CT molecular complexity index is 624. The van der Waals surface area contributed by atoms with Crippen LogP contribution in [0.4, 0.5) is 0 Å². The first-order chi connectivity index (χ1) is 8.63. The lowest BCUT2D eigenvalue weighted by Crippen LogP contribution is -1.98. The fourth-order valence-electron chi connectivity index (χ4n) is 1.91. The van der Waals surface area contributed by atoms with E-state index < -0.39 is 0 Å². The number of nitrogens with one attached hydrogen (secondary N) is 1. The smallest absolute Gasteiger partial charge is 0.178 e. The average Bonchev–Trinajstić information content (AvgIpc) is 2.64. The summed E-state index contributed by atoms with van der Waals surface area (Å²) in [6.07, 6.45) is 0.990. The summed E-state index contributed by atoms with van der Waals surface area (Å²) in [5.41, 5.74) is 3.11. The van der Waals surface area contributed by atoms with E-state index in [4.69, 9.17) is 17.0 Å². The number of aromatic nitrogens is 2. The number of aromatic amines is 1. The van der Waals surface area contributed by atoms with Gasteiger partial charge in [-0.1, -0.05) is 25.1 Å². The summed E-state index contributed by atoms with van der Waals surface area (Å²) in [4.78, 5) is 3.22. The lowest BCUT2D eigenvalue weighted by Gasteiger charge is -2.07. The van der Waals surface area contributed by atoms with Crippen LogP contribution in [0.15, 0.2) is 30.4 Å². The number of para-hydroxylation sites is 1. The molecule has 0 saturated heterocycles. The summed E-state index contributed by atoms with van der Waals surface area (Å²) in [5, 5.41) is 0. The molecule has 2 rings (SSSR count). The van der Waals surface area contributed by atoms with E-state index >= 15 is 0 Å². The molecule has 0 atom stereocenters. The molecule has 0 amide bonds. The normalized spacial score (nSPS) is 10.8. The van der Waals surface area contributed by atoms with Crippen molar-refractivity contribution in [1.82, 2.24) is 9.55 Å². The number of hydrogen-bond acceptors (Lipinski definition) is 2. The van der Waals surface area contributed by atoms with Crippen LogP contribution in [-0.2, 0) is 6.54 Å². The maximum Gasteiger partial charge on any atom is 0.178 e. The molecule has 1 N–H and O–H groups in total. The zero-order valence-electron chi connectivity index (χ0n) is 10.8. The van der Waals surface area contributed by atoms with Crippen LogP contribution in [0.2, 0.25) is 0 Å². The predicted molar refractivity (Wildman–Crippen MR) is 77.7 cm³/mol. The number of imidazole rings is 1. The van der Waals surface area contributed by atoms with Gasteiger partial charge in [-0.25, -0.2) is 0 Å². The minimum absolute atomic E-state index is 0.709. The number of benzene rings is 1. The van der Waals surface area contributed by atoms with E-state index in [9.17, 15) is 0 Å². The van der Waals surface area contributed by atoms with Crippen molar-refractivity contribution >= 4 is 23.3 Å². The van der Waals surface area contributed by atoms with Gasteiger partial charge in [-0.15, -0.1) is 0 Å². The Kier molecular flexibility index (Phi) is 3.87. The van der Waals surface area contributed by atoms with Crippen LogP contribution in [-0.4, -0.2) is 16.2 Å². The van der Waals surface area contributed by atoms with Crippen molar-refractivity contribution in [2.24, 2.45) is 0 Å². The molecule has 0 saturated carbocycles. The Morgan fingerprint density at radius 1 is 1.50 bits per heavy atom. The Morgan fingerprint density at radius 3 is 2.94 bits per heavy atom. The monoisotopic (exact) mass is 262 g/mol. The molecule has 96 valence electrons. The van der Waals surface area contributed by atoms with E-state index in [1.165, 1.54) is 0 Å². The standard InChI is InChI=1S/C14H18N2OS/c1-4-8-17-12-7-5-6-11-13(12)15-14(18)16(11)9-10(2)3/h5-7H,2,4,8-9H2,1,3H3,(H,15,18). The molecule has 0 aliphatic carbocycles. The molecule has 1 aromatic heterocycles. The largest absolute Gasteiger partial charge is 0.491 e. The number of ether oxygens (including phenoxy) is 1. The summed E-state index contributed by atoms with van der Waals surface area (Å²) >= 11 is 5.35. The quantitative estimate of drug-likeness (QED) is 0.650. The van der Waals surface area contributed by atoms with Crippen LogP contribution >= 0.6 is 12.2 Å². The number of H-pyrrole nitrogens is 1. The zero-order valence-corrected chi connectivity index (χ0v) is 11.6. The van der Waals surface area contributed by atoms with Crippen LogP contribution in [0.25, 0.3) is 11.0 Å². The molecular weight excluding hydrogens is 244 g/mol. The number of rotatable bonds is 5. The second-order valence-electron chi connectivity index (χ2n) is 4.47. The highest BCUT2D eigenvalue weighted by atomic mass is 32.1. The van der Waals surface area contributed by atoms with E-state index in [1.54, 1.807) is 0 Å². The van der Waals surface area contributed by atoms with Gasteiger partial charge >= 0.3 is 0 Å². The first-order valence-electron chi connectivity index (χ1n) is 6.12. The van der Waals surface area contributed by atoms with Gasteiger partial charge in [0.05, 0.1) is 12.1 Å². The van der Waals surface area contributed by atoms with Crippen LogP contribution in [0.5, 0.6) is 5.75 Å². The lowest BCUT2D eigenvalue weighted by molar-refractivity contribution is 0.320. The molecule has 0 radical (unpaired) electrons. The summed E-state index contributed by atoms with van der Waals surface area (Å²) < 4.78 is 8.48. The molecule has 0 bridgehead atoms. The van der Waals surface area contributed by atoms with Crippen molar-refractivity contribution in [3.8, 4) is 5.75 Å². The van der Waals surface area contributed by atoms with E-state index in [1.807, 2.05) is 29.7 Å². The third kappa shape index (κ3) is 2.48. The topological polar surface area (TPSA) is 29.9 Å². The minimum atomic E-state index is 0.709. The fraction of sp³-hybridized carbons (Fsp3) is 0.357. The fourth-order valence-corrected chi connectivity index (χ4v) is 2.18. The first-order valence-corrected chi connectivity index (χ1v) is 6.53. The molecule has 4 heteroatoms. The molecule has 0 fully saturated rings. The van der Waals surface area contributed by atoms with Crippen molar-refractivity contribution in [1.29, 1.82) is 0 Å². The zero-order chi connectivity index (χ0) is 13.1. The predicted octanol–water partition coefficient (Wildman–Crippen LogP) is 4.06. The molecule has 0 aliphatic rings. The van der Waals surface area contributed by atoms with Gasteiger partial charge in [0, 0.05) is 6.54 Å². The number of allylic oxidation sites excluding steroid dienone is 1. The Balaban J connectivity index is 2.52. The van der Waals surface area contributed by atoms with E-state index in [0.717, 1.165) is 35.3 Å². The van der Waals surface area contributed by atoms with Gasteiger partial charge in [0.15, 0.2) is 4.77 Å². The number of nitrogens with zero attached hydrogens (tertiary/aromatic N) is 1. The summed E-state index contributed by atoms with van der Waals surface area (Å²) in [7, 11) is 0. The maximum atomic E-state index is 5.73. The van der Waals surface area contributed by atoms with Crippen molar-refractivity contribution in [3.05, 3.63) is 35.1 Å². The minimum Gasteiger partial charge on any atom is -0.491 e. The molecule has 0 unspecified atom stereocenters. The molecule has 1 heterocycles. The second-order valence-corrected chi connectivity index (χ2v) is 4.86. The maximum absolute atomic E-state index is 5.73. The van der Waals surface area contributed by atoms with E-state index in [-0.39, 0.29) is 0 Å². The Labute approximate surface area is 112 Å². The molecule has 1 aromatic carbocycles. The molecule has 18 heavy (non-hydrogen) atoms. The van der Waals surface area contributed by atoms with Crippen molar-refractivity contribution in [2.45, 2.75) is 26.8 Å². The second kappa shape index (κ2) is 5.40. The molecule has 0 spiro atoms. The highest BCUT2D eigenvalue weighted by molar-refractivity contribution is 7.71. The van der Waals surface area contributed by atoms with Crippen LogP contribution in [0.3, 0.4) is 0 Å². The SMILES string of the molecule is C=C(C)Cn1c(=S)[nH]c2c(OCCC)cccc21. The molecule has 2 aromatic rings. The van der Waals surface area contributed by atoms with Gasteiger partial charge in [-0.2, -0.15) is 0 Å². The van der Waals surface area contributed by atoms with Crippen LogP contribution in [0.1, 0.15) is 20.3 Å². The third-order valence-corrected chi connectivity index (χ3v) is 2.98. The Morgan fingerprint density at radius 2 is 2.28 bits per heavy atom. The first kappa shape index (κ1) is 12.9. The molecule has 0 aliphatic heterocycles. The van der Waals surface area contributed by atoms with Crippen LogP contribution < -0.4 is 4.74 Å². The lowest BCUT2D eigenvalue weighted by atomic mass is 10.2. The van der Waals surface area contributed by atoms with Gasteiger partial charge in [-0.3, -0.25) is 0 Å². The highest BCUT2D eigenvalue weighted by Crippen LogP contribution is 2.25. The summed E-state index contributed by atoms with van der Waals surface area (Å²) in [5.74, 6) is 0.862. The number of fused-ring (bicyclic) bond motifs is 1. The summed E-state index contributed by atoms with van der Waals surface area (Å²) in [6, 6.07) is 6.00. The van der Waals surface area contributed by atoms with Gasteiger partial charge < -0.3 is 14.3 Å². The number of hydrogen-bond donors (Lipinski definition) is 1. The van der Waals surface area contributed by atoms with Crippen LogP contribution in [0, 0.1) is 4.77 Å².